The molecule has 0 radical (unpaired) electrons. The first kappa shape index (κ1) is 25.3. The van der Waals surface area contributed by atoms with Gasteiger partial charge in [0.2, 0.25) is 0 Å². The number of hydrogen-bond donors (Lipinski definition) is 6. The molecular formula is C25H30N2O7S. The van der Waals surface area contributed by atoms with Crippen LogP contribution in [0.5, 0.6) is 5.75 Å². The number of nitrogens with zero attached hydrogens (tertiary/aromatic N) is 1. The molecule has 1 aromatic rings. The van der Waals surface area contributed by atoms with Crippen LogP contribution in [0.1, 0.15) is 49.2 Å². The van der Waals surface area contributed by atoms with E-state index in [1.54, 1.807) is 32.8 Å². The number of nitrogens with two attached hydrogens (primary N) is 1. The number of aliphatic hydroxyl groups excluding tert-OH is 3. The Morgan fingerprint density at radius 3 is 2.31 bits per heavy atom. The molecule has 0 bridgehead atoms. The number of phenols is 1. The Morgan fingerprint density at radius 2 is 1.80 bits per heavy atom. The maximum Gasteiger partial charge on any atom is 0.255 e. The Hall–Kier alpha value is -2.82. The molecular weight excluding hydrogens is 472 g/mol. The van der Waals surface area contributed by atoms with Crippen molar-refractivity contribution in [3.63, 3.8) is 0 Å². The van der Waals surface area contributed by atoms with Crippen LogP contribution in [0.4, 0.5) is 0 Å². The Labute approximate surface area is 208 Å². The maximum absolute atomic E-state index is 13.9. The number of rotatable bonds is 3. The molecule has 0 fully saturated rings. The Kier molecular flexibility index (Phi) is 5.48. The first-order valence-electron chi connectivity index (χ1n) is 11.2. The fraction of sp³-hybridized carbons (Fsp3) is 0.480. The van der Waals surface area contributed by atoms with Gasteiger partial charge in [0.15, 0.2) is 11.6 Å². The summed E-state index contributed by atoms with van der Waals surface area (Å²) in [4.78, 5) is 41.6. The number of carbonyl (C=O) groups excluding carboxylic acids is 3. The molecule has 0 aromatic heterocycles. The molecule has 0 aliphatic heterocycles. The number of phenolic OH excluding ortho intramolecular Hbond substituents is 1. The largest absolute Gasteiger partial charge is 0.511 e. The second-order valence-corrected chi connectivity index (χ2v) is 11.2. The van der Waals surface area contributed by atoms with E-state index in [1.165, 1.54) is 25.1 Å². The summed E-state index contributed by atoms with van der Waals surface area (Å²) in [5, 5.41) is 44.4. The molecule has 0 spiro atoms. The Morgan fingerprint density at radius 1 is 1.20 bits per heavy atom. The standard InChI is InChI=1S/C25H30N2O7S/c1-10(35)25-9-23(2)15(16(29)13-11(19(23)31)7-6-8-12(13)28)21(33)24(25,3)20(32)14(22(26)34)17(30)18(25)27(4)5/h6-8,10,18-19,28,30-31,33,35H,9H2,1-5H3,(H2,26,34)/t10-,18+,19+,23-,24-,25+/m0/s1. The van der Waals surface area contributed by atoms with Crippen LogP contribution in [0.2, 0.25) is 0 Å². The van der Waals surface area contributed by atoms with Crippen molar-refractivity contribution in [3.8, 4) is 5.75 Å². The van der Waals surface area contributed by atoms with Crippen molar-refractivity contribution in [1.29, 1.82) is 0 Å². The summed E-state index contributed by atoms with van der Waals surface area (Å²) < 4.78 is 0. The van der Waals surface area contributed by atoms with E-state index in [0.29, 0.717) is 0 Å². The van der Waals surface area contributed by atoms with E-state index in [9.17, 15) is 34.8 Å². The smallest absolute Gasteiger partial charge is 0.255 e. The van der Waals surface area contributed by atoms with Gasteiger partial charge in [-0.05, 0) is 39.1 Å². The highest BCUT2D eigenvalue weighted by molar-refractivity contribution is 7.81. The lowest BCUT2D eigenvalue weighted by Gasteiger charge is -2.64. The third-order valence-electron chi connectivity index (χ3n) is 8.49. The van der Waals surface area contributed by atoms with E-state index >= 15 is 0 Å². The monoisotopic (exact) mass is 502 g/mol. The fourth-order valence-corrected chi connectivity index (χ4v) is 7.38. The van der Waals surface area contributed by atoms with E-state index in [0.717, 1.165) is 0 Å². The summed E-state index contributed by atoms with van der Waals surface area (Å²) in [6.07, 6.45) is -1.40. The van der Waals surface area contributed by atoms with E-state index < -0.39 is 68.2 Å². The first-order chi connectivity index (χ1) is 16.1. The summed E-state index contributed by atoms with van der Waals surface area (Å²) in [5.41, 5.74) is -0.0647. The van der Waals surface area contributed by atoms with Gasteiger partial charge in [0.05, 0.1) is 23.1 Å². The number of Topliss-reactive ketones (excluding diaryl/α,β-unsaturated/α-hetero) is 2. The number of primary amides is 1. The van der Waals surface area contributed by atoms with Crippen molar-refractivity contribution < 1.29 is 34.8 Å². The molecule has 0 saturated carbocycles. The number of allylic oxidation sites excluding steroid dienone is 1. The summed E-state index contributed by atoms with van der Waals surface area (Å²) >= 11 is 4.71. The number of aromatic hydroxyl groups is 1. The predicted molar refractivity (Wildman–Crippen MR) is 130 cm³/mol. The number of thiol groups is 1. The first-order valence-corrected chi connectivity index (χ1v) is 11.7. The Balaban J connectivity index is 2.19. The van der Waals surface area contributed by atoms with Gasteiger partial charge in [0.1, 0.15) is 22.8 Å². The Bertz CT molecular complexity index is 1250. The van der Waals surface area contributed by atoms with Gasteiger partial charge in [-0.25, -0.2) is 0 Å². The quantitative estimate of drug-likeness (QED) is 0.270. The van der Waals surface area contributed by atoms with Crippen LogP contribution in [0.25, 0.3) is 0 Å². The molecule has 35 heavy (non-hydrogen) atoms. The number of benzene rings is 1. The second kappa shape index (κ2) is 7.59. The molecule has 1 aromatic carbocycles. The lowest BCUT2D eigenvalue weighted by Crippen LogP contribution is -2.70. The highest BCUT2D eigenvalue weighted by Gasteiger charge is 2.73. The van der Waals surface area contributed by atoms with Crippen molar-refractivity contribution in [2.45, 2.75) is 44.6 Å². The van der Waals surface area contributed by atoms with Crippen LogP contribution in [0.15, 0.2) is 40.9 Å². The molecule has 3 aliphatic carbocycles. The van der Waals surface area contributed by atoms with Crippen molar-refractivity contribution in [3.05, 3.63) is 52.0 Å². The third-order valence-corrected chi connectivity index (χ3v) is 8.95. The van der Waals surface area contributed by atoms with Gasteiger partial charge < -0.3 is 26.2 Å². The minimum atomic E-state index is -1.91. The molecule has 9 nitrogen and oxygen atoms in total. The van der Waals surface area contributed by atoms with Crippen LogP contribution in [-0.2, 0) is 9.59 Å². The number of hydrogen-bond acceptors (Lipinski definition) is 9. The van der Waals surface area contributed by atoms with Gasteiger partial charge in [-0.1, -0.05) is 26.0 Å². The third kappa shape index (κ3) is 2.75. The van der Waals surface area contributed by atoms with Crippen LogP contribution < -0.4 is 5.73 Å². The number of likely N-dealkylation sites (N-methyl/N-ethyl adjacent to an activating group) is 1. The zero-order chi connectivity index (χ0) is 26.4. The van der Waals surface area contributed by atoms with Crippen molar-refractivity contribution in [1.82, 2.24) is 4.90 Å². The van der Waals surface area contributed by atoms with E-state index in [2.05, 4.69) is 0 Å². The van der Waals surface area contributed by atoms with Crippen LogP contribution in [-0.4, -0.2) is 68.2 Å². The molecule has 4 rings (SSSR count). The molecule has 6 atom stereocenters. The molecule has 188 valence electrons. The SMILES string of the molecule is C[C@H](S)[C@@]12C[C@@]3(C)C(=C(O)[C@]1(C)C(=O)C(C(N)=O)=C(O)[C@H]2N(C)C)C(=O)c1c(O)cccc1[C@H]3O. The summed E-state index contributed by atoms with van der Waals surface area (Å²) in [5.74, 6) is -4.36. The zero-order valence-corrected chi connectivity index (χ0v) is 21.1. The van der Waals surface area contributed by atoms with E-state index in [1.807, 2.05) is 0 Å². The highest BCUT2D eigenvalue weighted by Crippen LogP contribution is 2.70. The number of amides is 1. The van der Waals surface area contributed by atoms with Crippen molar-refractivity contribution in [2.75, 3.05) is 14.1 Å². The summed E-state index contributed by atoms with van der Waals surface area (Å²) in [6, 6.07) is 3.31. The van der Waals surface area contributed by atoms with Gasteiger partial charge in [-0.3, -0.25) is 19.3 Å². The maximum atomic E-state index is 13.9. The van der Waals surface area contributed by atoms with E-state index in [4.69, 9.17) is 18.4 Å². The topological polar surface area (TPSA) is 161 Å². The number of carbonyl (C=O) groups is 3. The molecule has 1 amide bonds. The van der Waals surface area contributed by atoms with Gasteiger partial charge in [-0.2, -0.15) is 12.6 Å². The fourth-order valence-electron chi connectivity index (χ4n) is 6.89. The van der Waals surface area contributed by atoms with Gasteiger partial charge in [-0.15, -0.1) is 0 Å². The number of fused-ring (bicyclic) bond motifs is 3. The van der Waals surface area contributed by atoms with Crippen molar-refractivity contribution in [2.24, 2.45) is 22.0 Å². The average Bonchev–Trinajstić information content (AvgIpc) is 2.74. The molecule has 0 saturated heterocycles. The highest BCUT2D eigenvalue weighted by atomic mass is 32.1. The lowest BCUT2D eigenvalue weighted by atomic mass is 9.41. The van der Waals surface area contributed by atoms with Gasteiger partial charge in [0.25, 0.3) is 5.91 Å². The van der Waals surface area contributed by atoms with Crippen molar-refractivity contribution >= 4 is 30.1 Å². The average molecular weight is 503 g/mol. The van der Waals surface area contributed by atoms with Crippen LogP contribution >= 0.6 is 12.6 Å². The van der Waals surface area contributed by atoms with Crippen LogP contribution in [0.3, 0.4) is 0 Å². The number of ketones is 2. The molecule has 10 heteroatoms. The normalized spacial score (nSPS) is 35.5. The van der Waals surface area contributed by atoms with Gasteiger partial charge >= 0.3 is 0 Å². The number of aliphatic hydroxyl groups is 3. The lowest BCUT2D eigenvalue weighted by molar-refractivity contribution is -0.151. The minimum absolute atomic E-state index is 0.0623. The summed E-state index contributed by atoms with van der Waals surface area (Å²) in [7, 11) is 3.28. The minimum Gasteiger partial charge on any atom is -0.511 e. The van der Waals surface area contributed by atoms with E-state index in [-0.39, 0.29) is 28.9 Å². The zero-order valence-electron chi connectivity index (χ0n) is 20.2. The molecule has 0 unspecified atom stereocenters. The molecule has 0 heterocycles. The molecule has 6 N–H and O–H groups in total. The molecule has 3 aliphatic rings. The van der Waals surface area contributed by atoms with Gasteiger partial charge in [0, 0.05) is 21.7 Å². The van der Waals surface area contributed by atoms with Crippen LogP contribution in [0, 0.1) is 16.2 Å². The second-order valence-electron chi connectivity index (χ2n) is 10.5. The summed E-state index contributed by atoms with van der Waals surface area (Å²) in [6.45, 7) is 4.72. The predicted octanol–water partition coefficient (Wildman–Crippen LogP) is 1.97.